The Balaban J connectivity index is 1.58. The van der Waals surface area contributed by atoms with E-state index in [9.17, 15) is 18.0 Å². The number of halogens is 3. The largest absolute Gasteiger partial charge is 0.451 e. The van der Waals surface area contributed by atoms with Crippen LogP contribution in [0.4, 0.5) is 18.9 Å². The summed E-state index contributed by atoms with van der Waals surface area (Å²) in [6.45, 7) is 3.61. The van der Waals surface area contributed by atoms with Gasteiger partial charge in [-0.15, -0.1) is 0 Å². The molecule has 0 fully saturated rings. The minimum Gasteiger partial charge on any atom is -0.451 e. The molecule has 0 bridgehead atoms. The van der Waals surface area contributed by atoms with Gasteiger partial charge < -0.3 is 9.73 Å². The second-order valence-electron chi connectivity index (χ2n) is 6.99. The molecule has 0 aliphatic heterocycles. The molecule has 2 aromatic heterocycles. The molecular formula is C23H18F3N3O2. The van der Waals surface area contributed by atoms with Crippen molar-refractivity contribution < 1.29 is 22.4 Å². The zero-order valence-electron chi connectivity index (χ0n) is 16.7. The van der Waals surface area contributed by atoms with Gasteiger partial charge in [0.15, 0.2) is 5.76 Å². The van der Waals surface area contributed by atoms with Gasteiger partial charge in [0.2, 0.25) is 0 Å². The fourth-order valence-corrected chi connectivity index (χ4v) is 3.28. The monoisotopic (exact) mass is 425 g/mol. The van der Waals surface area contributed by atoms with Crippen LogP contribution in [0.25, 0.3) is 17.0 Å². The molecule has 5 nitrogen and oxygen atoms in total. The fourth-order valence-electron chi connectivity index (χ4n) is 3.28. The zero-order chi connectivity index (χ0) is 22.2. The van der Waals surface area contributed by atoms with Gasteiger partial charge >= 0.3 is 6.18 Å². The molecule has 0 unspecified atom stereocenters. The van der Waals surface area contributed by atoms with Crippen LogP contribution in [0.3, 0.4) is 0 Å². The minimum absolute atomic E-state index is 0.0151. The number of nitrogens with one attached hydrogen (secondary N) is 1. The predicted octanol–water partition coefficient (Wildman–Crippen LogP) is 6.02. The maximum absolute atomic E-state index is 13.0. The zero-order valence-corrected chi connectivity index (χ0v) is 16.7. The second kappa shape index (κ2) is 7.79. The summed E-state index contributed by atoms with van der Waals surface area (Å²) in [6.07, 6.45) is -4.46. The number of anilines is 1. The van der Waals surface area contributed by atoms with Crippen LogP contribution >= 0.6 is 0 Å². The Labute approximate surface area is 176 Å². The van der Waals surface area contributed by atoms with Gasteiger partial charge in [0.25, 0.3) is 5.91 Å². The van der Waals surface area contributed by atoms with E-state index in [1.54, 1.807) is 11.6 Å². The smallest absolute Gasteiger partial charge is 0.416 e. The van der Waals surface area contributed by atoms with Gasteiger partial charge in [-0.05, 0) is 50.2 Å². The SMILES string of the molecule is Cc1nn(-c2ccccc2)c(C)c1NC(=O)c1ccc(-c2cccc(C(F)(F)F)c2)o1. The number of carbonyl (C=O) groups is 1. The highest BCUT2D eigenvalue weighted by Crippen LogP contribution is 2.33. The lowest BCUT2D eigenvalue weighted by Crippen LogP contribution is -2.12. The molecule has 0 aliphatic rings. The number of hydrogen-bond acceptors (Lipinski definition) is 3. The molecule has 31 heavy (non-hydrogen) atoms. The number of alkyl halides is 3. The number of benzene rings is 2. The molecule has 2 aromatic carbocycles. The normalized spacial score (nSPS) is 11.5. The molecule has 4 aromatic rings. The number of aromatic nitrogens is 2. The van der Waals surface area contributed by atoms with Gasteiger partial charge in [0, 0.05) is 5.56 Å². The average Bonchev–Trinajstić information content (AvgIpc) is 3.35. The summed E-state index contributed by atoms with van der Waals surface area (Å²) in [5.41, 5.74) is 2.21. The van der Waals surface area contributed by atoms with Crippen LogP contribution < -0.4 is 5.32 Å². The predicted molar refractivity (Wildman–Crippen MR) is 110 cm³/mol. The Morgan fingerprint density at radius 1 is 1.00 bits per heavy atom. The number of carbonyl (C=O) groups excluding carboxylic acids is 1. The molecule has 0 aliphatic carbocycles. The lowest BCUT2D eigenvalue weighted by molar-refractivity contribution is -0.137. The summed E-state index contributed by atoms with van der Waals surface area (Å²) in [4.78, 5) is 12.7. The summed E-state index contributed by atoms with van der Waals surface area (Å²) in [7, 11) is 0. The van der Waals surface area contributed by atoms with Crippen molar-refractivity contribution in [3.05, 3.63) is 89.4 Å². The number of aryl methyl sites for hydroxylation is 1. The van der Waals surface area contributed by atoms with Crippen LogP contribution in [-0.4, -0.2) is 15.7 Å². The molecule has 0 saturated heterocycles. The van der Waals surface area contributed by atoms with Crippen molar-refractivity contribution in [3.63, 3.8) is 0 Å². The fraction of sp³-hybridized carbons (Fsp3) is 0.130. The quantitative estimate of drug-likeness (QED) is 0.435. The van der Waals surface area contributed by atoms with Crippen LogP contribution in [-0.2, 0) is 6.18 Å². The molecular weight excluding hydrogens is 407 g/mol. The van der Waals surface area contributed by atoms with Crippen LogP contribution in [0.2, 0.25) is 0 Å². The van der Waals surface area contributed by atoms with Crippen molar-refractivity contribution in [2.24, 2.45) is 0 Å². The number of hydrogen-bond donors (Lipinski definition) is 1. The van der Waals surface area contributed by atoms with Crippen LogP contribution in [0, 0.1) is 13.8 Å². The maximum Gasteiger partial charge on any atom is 0.416 e. The second-order valence-corrected chi connectivity index (χ2v) is 6.99. The molecule has 1 N–H and O–H groups in total. The van der Waals surface area contributed by atoms with Gasteiger partial charge in [0.05, 0.1) is 28.3 Å². The summed E-state index contributed by atoms with van der Waals surface area (Å²) in [5.74, 6) is -0.361. The van der Waals surface area contributed by atoms with E-state index in [2.05, 4.69) is 10.4 Å². The third-order valence-corrected chi connectivity index (χ3v) is 4.83. The van der Waals surface area contributed by atoms with Gasteiger partial charge in [0.1, 0.15) is 5.76 Å². The Morgan fingerprint density at radius 3 is 2.45 bits per heavy atom. The van der Waals surface area contributed by atoms with Crippen molar-refractivity contribution in [1.29, 1.82) is 0 Å². The number of para-hydroxylation sites is 1. The maximum atomic E-state index is 13.0. The molecule has 1 amide bonds. The molecule has 0 spiro atoms. The lowest BCUT2D eigenvalue weighted by Gasteiger charge is -2.07. The van der Waals surface area contributed by atoms with E-state index in [1.807, 2.05) is 37.3 Å². The van der Waals surface area contributed by atoms with E-state index in [-0.39, 0.29) is 17.1 Å². The highest BCUT2D eigenvalue weighted by atomic mass is 19.4. The molecule has 158 valence electrons. The Kier molecular flexibility index (Phi) is 5.14. The first-order chi connectivity index (χ1) is 14.7. The van der Waals surface area contributed by atoms with E-state index in [0.717, 1.165) is 23.5 Å². The highest BCUT2D eigenvalue weighted by Gasteiger charge is 2.30. The first kappa shape index (κ1) is 20.5. The number of amides is 1. The number of nitrogens with zero attached hydrogens (tertiary/aromatic N) is 2. The average molecular weight is 425 g/mol. The standard InChI is InChI=1S/C23H18F3N3O2/c1-14-21(15(2)29(28-14)18-9-4-3-5-10-18)27-22(30)20-12-11-19(31-20)16-7-6-8-17(13-16)23(24,25)26/h3-13H,1-2H3,(H,27,30). The summed E-state index contributed by atoms with van der Waals surface area (Å²) in [5, 5.41) is 7.27. The third kappa shape index (κ3) is 4.09. The highest BCUT2D eigenvalue weighted by molar-refractivity contribution is 6.03. The third-order valence-electron chi connectivity index (χ3n) is 4.83. The van der Waals surface area contributed by atoms with Crippen LogP contribution in [0.5, 0.6) is 0 Å². The van der Waals surface area contributed by atoms with Crippen LogP contribution in [0.1, 0.15) is 27.5 Å². The van der Waals surface area contributed by atoms with Gasteiger partial charge in [-0.25, -0.2) is 4.68 Å². The molecule has 4 rings (SSSR count). The molecule has 0 radical (unpaired) electrons. The molecule has 0 atom stereocenters. The molecule has 0 saturated carbocycles. The van der Waals surface area contributed by atoms with Crippen molar-refractivity contribution in [2.45, 2.75) is 20.0 Å². The molecule has 2 heterocycles. The van der Waals surface area contributed by atoms with E-state index < -0.39 is 17.6 Å². The van der Waals surface area contributed by atoms with Crippen molar-refractivity contribution in [2.75, 3.05) is 5.32 Å². The number of rotatable bonds is 4. The van der Waals surface area contributed by atoms with Crippen LogP contribution in [0.15, 0.2) is 71.1 Å². The first-order valence-electron chi connectivity index (χ1n) is 9.44. The summed E-state index contributed by atoms with van der Waals surface area (Å²) >= 11 is 0. The minimum atomic E-state index is -4.46. The first-order valence-corrected chi connectivity index (χ1v) is 9.44. The summed E-state index contributed by atoms with van der Waals surface area (Å²) in [6, 6.07) is 17.1. The van der Waals surface area contributed by atoms with Crippen molar-refractivity contribution >= 4 is 11.6 Å². The van der Waals surface area contributed by atoms with Crippen molar-refractivity contribution in [1.82, 2.24) is 9.78 Å². The van der Waals surface area contributed by atoms with E-state index in [4.69, 9.17) is 4.42 Å². The topological polar surface area (TPSA) is 60.1 Å². The molecule has 8 heteroatoms. The number of furan rings is 1. The summed E-state index contributed by atoms with van der Waals surface area (Å²) < 4.78 is 46.1. The van der Waals surface area contributed by atoms with E-state index >= 15 is 0 Å². The van der Waals surface area contributed by atoms with Crippen molar-refractivity contribution in [3.8, 4) is 17.0 Å². The van der Waals surface area contributed by atoms with Gasteiger partial charge in [-0.1, -0.05) is 30.3 Å². The Hall–Kier alpha value is -3.81. The van der Waals surface area contributed by atoms with E-state index in [0.29, 0.717) is 11.4 Å². The Morgan fingerprint density at radius 2 is 1.74 bits per heavy atom. The lowest BCUT2D eigenvalue weighted by atomic mass is 10.1. The van der Waals surface area contributed by atoms with Gasteiger partial charge in [-0.2, -0.15) is 18.3 Å². The van der Waals surface area contributed by atoms with Gasteiger partial charge in [-0.3, -0.25) is 4.79 Å². The van der Waals surface area contributed by atoms with E-state index in [1.165, 1.54) is 24.3 Å². The Bertz CT molecular complexity index is 1240.